The number of aryl methyl sites for hydroxylation is 1. The van der Waals surface area contributed by atoms with Gasteiger partial charge in [-0.05, 0) is 56.2 Å². The zero-order valence-corrected chi connectivity index (χ0v) is 21.4. The molecule has 0 saturated heterocycles. The number of hydrogen-bond donors (Lipinski definition) is 1. The summed E-state index contributed by atoms with van der Waals surface area (Å²) in [5.74, 6) is -1.55. The molecule has 38 heavy (non-hydrogen) atoms. The normalized spacial score (nSPS) is 14.6. The first kappa shape index (κ1) is 27.0. The molecule has 202 valence electrons. The first-order valence-electron chi connectivity index (χ1n) is 12.7. The van der Waals surface area contributed by atoms with Crippen molar-refractivity contribution in [1.29, 1.82) is 0 Å². The van der Waals surface area contributed by atoms with Crippen LogP contribution in [-0.4, -0.2) is 62.1 Å². The number of benzene rings is 1. The number of carbonyl (C=O) groups excluding carboxylic acids is 3. The maximum Gasteiger partial charge on any atom is 0.325 e. The van der Waals surface area contributed by atoms with Crippen molar-refractivity contribution in [2.75, 3.05) is 13.2 Å². The van der Waals surface area contributed by atoms with Gasteiger partial charge in [-0.2, -0.15) is 4.80 Å². The predicted molar refractivity (Wildman–Crippen MR) is 133 cm³/mol. The molecule has 1 fully saturated rings. The lowest BCUT2D eigenvalue weighted by atomic mass is 9.95. The summed E-state index contributed by atoms with van der Waals surface area (Å²) in [6.07, 6.45) is 4.79. The Morgan fingerprint density at radius 1 is 1.18 bits per heavy atom. The van der Waals surface area contributed by atoms with Gasteiger partial charge in [0, 0.05) is 6.04 Å². The highest BCUT2D eigenvalue weighted by molar-refractivity contribution is 5.90. The molecule has 1 atom stereocenters. The first-order chi connectivity index (χ1) is 18.4. The molecule has 0 radical (unpaired) electrons. The van der Waals surface area contributed by atoms with E-state index in [1.54, 1.807) is 32.0 Å². The van der Waals surface area contributed by atoms with Crippen molar-refractivity contribution in [3.05, 3.63) is 53.7 Å². The number of rotatable bonds is 10. The van der Waals surface area contributed by atoms with Crippen LogP contribution in [0.1, 0.15) is 56.6 Å². The number of amides is 2. The standard InChI is InChI=1S/C26H31FN6O5/c1-3-37-23(35)16-32(22(34)15-33-30-25(29-31-33)19-11-7-8-12-20(19)27)24(21-14-13-17(2)38-21)26(36)28-18-9-5-4-6-10-18/h7-8,11-14,18,24H,3-6,9-10,15-16H2,1-2H3,(H,28,36)/t24-/m1/s1. The molecule has 12 heteroatoms. The molecule has 3 aromatic rings. The molecular formula is C26H31FN6O5. The van der Waals surface area contributed by atoms with Gasteiger partial charge in [0.2, 0.25) is 11.7 Å². The van der Waals surface area contributed by atoms with Gasteiger partial charge >= 0.3 is 5.97 Å². The van der Waals surface area contributed by atoms with Gasteiger partial charge in [-0.15, -0.1) is 10.2 Å². The summed E-state index contributed by atoms with van der Waals surface area (Å²) >= 11 is 0. The largest absolute Gasteiger partial charge is 0.465 e. The summed E-state index contributed by atoms with van der Waals surface area (Å²) in [5.41, 5.74) is 0.130. The Bertz CT molecular complexity index is 1270. The smallest absolute Gasteiger partial charge is 0.325 e. The van der Waals surface area contributed by atoms with Crippen molar-refractivity contribution in [3.8, 4) is 11.4 Å². The summed E-state index contributed by atoms with van der Waals surface area (Å²) < 4.78 is 25.0. The van der Waals surface area contributed by atoms with E-state index in [9.17, 15) is 18.8 Å². The minimum absolute atomic E-state index is 0.00101. The molecule has 1 aliphatic carbocycles. The highest BCUT2D eigenvalue weighted by Gasteiger charge is 2.37. The lowest BCUT2D eigenvalue weighted by Crippen LogP contribution is -2.49. The number of esters is 1. The maximum atomic E-state index is 14.2. The lowest BCUT2D eigenvalue weighted by Gasteiger charge is -2.31. The number of nitrogens with zero attached hydrogens (tertiary/aromatic N) is 5. The van der Waals surface area contributed by atoms with E-state index in [1.165, 1.54) is 18.2 Å². The van der Waals surface area contributed by atoms with Crippen LogP contribution in [0.25, 0.3) is 11.4 Å². The van der Waals surface area contributed by atoms with Gasteiger partial charge in [0.1, 0.15) is 30.4 Å². The van der Waals surface area contributed by atoms with Crippen LogP contribution in [0.5, 0.6) is 0 Å². The molecular weight excluding hydrogens is 495 g/mol. The maximum absolute atomic E-state index is 14.2. The summed E-state index contributed by atoms with van der Waals surface area (Å²) in [6.45, 7) is 2.53. The third-order valence-electron chi connectivity index (χ3n) is 6.31. The number of aromatic nitrogens is 4. The number of halogens is 1. The second-order valence-corrected chi connectivity index (χ2v) is 9.14. The van der Waals surface area contributed by atoms with Crippen LogP contribution >= 0.6 is 0 Å². The van der Waals surface area contributed by atoms with Crippen molar-refractivity contribution >= 4 is 17.8 Å². The molecule has 4 rings (SSSR count). The van der Waals surface area contributed by atoms with E-state index >= 15 is 0 Å². The van der Waals surface area contributed by atoms with Crippen LogP contribution in [0.3, 0.4) is 0 Å². The average Bonchev–Trinajstić information content (AvgIpc) is 3.53. The molecule has 0 unspecified atom stereocenters. The van der Waals surface area contributed by atoms with E-state index < -0.39 is 42.7 Å². The number of carbonyl (C=O) groups is 3. The number of ether oxygens (including phenoxy) is 1. The van der Waals surface area contributed by atoms with Crippen LogP contribution < -0.4 is 5.32 Å². The highest BCUT2D eigenvalue weighted by Crippen LogP contribution is 2.26. The fourth-order valence-corrected chi connectivity index (χ4v) is 4.49. The van der Waals surface area contributed by atoms with Crippen molar-refractivity contribution < 1.29 is 27.9 Å². The number of nitrogens with one attached hydrogen (secondary N) is 1. The zero-order valence-electron chi connectivity index (χ0n) is 21.4. The zero-order chi connectivity index (χ0) is 27.1. The quantitative estimate of drug-likeness (QED) is 0.399. The fraction of sp³-hybridized carbons (Fsp3) is 0.462. The second-order valence-electron chi connectivity index (χ2n) is 9.14. The molecule has 1 N–H and O–H groups in total. The Morgan fingerprint density at radius 3 is 2.63 bits per heavy atom. The van der Waals surface area contributed by atoms with E-state index in [1.807, 2.05) is 0 Å². The Labute approximate surface area is 219 Å². The van der Waals surface area contributed by atoms with Crippen LogP contribution in [-0.2, 0) is 25.7 Å². The summed E-state index contributed by atoms with van der Waals surface area (Å²) in [6, 6.07) is 7.96. The predicted octanol–water partition coefficient (Wildman–Crippen LogP) is 2.96. The lowest BCUT2D eigenvalue weighted by molar-refractivity contribution is -0.153. The molecule has 1 saturated carbocycles. The van der Waals surface area contributed by atoms with Gasteiger partial charge in [0.15, 0.2) is 6.04 Å². The van der Waals surface area contributed by atoms with E-state index in [0.717, 1.165) is 41.8 Å². The van der Waals surface area contributed by atoms with Gasteiger partial charge in [-0.3, -0.25) is 14.4 Å². The molecule has 1 aromatic carbocycles. The van der Waals surface area contributed by atoms with Gasteiger partial charge in [0.05, 0.1) is 12.2 Å². The minimum Gasteiger partial charge on any atom is -0.465 e. The second kappa shape index (κ2) is 12.4. The van der Waals surface area contributed by atoms with Gasteiger partial charge in [-0.25, -0.2) is 4.39 Å². The summed E-state index contributed by atoms with van der Waals surface area (Å²) in [5, 5.41) is 14.9. The van der Waals surface area contributed by atoms with Gasteiger partial charge in [0.25, 0.3) is 5.91 Å². The first-order valence-corrected chi connectivity index (χ1v) is 12.7. The third-order valence-corrected chi connectivity index (χ3v) is 6.31. The minimum atomic E-state index is -1.22. The molecule has 1 aliphatic rings. The molecule has 0 spiro atoms. The topological polar surface area (TPSA) is 132 Å². The monoisotopic (exact) mass is 526 g/mol. The fourth-order valence-electron chi connectivity index (χ4n) is 4.49. The Kier molecular flexibility index (Phi) is 8.82. The number of furan rings is 1. The van der Waals surface area contributed by atoms with Crippen molar-refractivity contribution in [1.82, 2.24) is 30.4 Å². The van der Waals surface area contributed by atoms with Crippen LogP contribution in [0.15, 0.2) is 40.8 Å². The van der Waals surface area contributed by atoms with Crippen molar-refractivity contribution in [3.63, 3.8) is 0 Å². The third kappa shape index (κ3) is 6.61. The Balaban J connectivity index is 1.61. The Hall–Kier alpha value is -4.09. The number of tetrazole rings is 1. The summed E-state index contributed by atoms with van der Waals surface area (Å²) in [4.78, 5) is 41.8. The molecule has 2 aromatic heterocycles. The highest BCUT2D eigenvalue weighted by atomic mass is 19.1. The SMILES string of the molecule is CCOC(=O)CN(C(=O)Cn1nnc(-c2ccccc2F)n1)[C@@H](C(=O)NC1CCCCC1)c1ccc(C)o1. The van der Waals surface area contributed by atoms with Crippen molar-refractivity contribution in [2.24, 2.45) is 0 Å². The van der Waals surface area contributed by atoms with E-state index in [-0.39, 0.29) is 29.8 Å². The Morgan fingerprint density at radius 2 is 1.95 bits per heavy atom. The van der Waals surface area contributed by atoms with Gasteiger partial charge in [-0.1, -0.05) is 31.4 Å². The van der Waals surface area contributed by atoms with Crippen molar-refractivity contribution in [2.45, 2.75) is 64.6 Å². The van der Waals surface area contributed by atoms with E-state index in [0.29, 0.717) is 5.76 Å². The van der Waals surface area contributed by atoms with Gasteiger partial charge < -0.3 is 19.4 Å². The van der Waals surface area contributed by atoms with E-state index in [2.05, 4.69) is 20.7 Å². The molecule has 0 aliphatic heterocycles. The molecule has 11 nitrogen and oxygen atoms in total. The van der Waals surface area contributed by atoms with Crippen LogP contribution in [0, 0.1) is 12.7 Å². The average molecular weight is 527 g/mol. The van der Waals surface area contributed by atoms with E-state index in [4.69, 9.17) is 9.15 Å². The molecule has 2 heterocycles. The summed E-state index contributed by atoms with van der Waals surface area (Å²) in [7, 11) is 0. The number of hydrogen-bond acceptors (Lipinski definition) is 8. The molecule has 2 amide bonds. The van der Waals surface area contributed by atoms with Crippen LogP contribution in [0.4, 0.5) is 4.39 Å². The van der Waals surface area contributed by atoms with Crippen LogP contribution in [0.2, 0.25) is 0 Å². The molecule has 0 bridgehead atoms.